The van der Waals surface area contributed by atoms with Gasteiger partial charge >= 0.3 is 0 Å². The molecule has 0 fully saturated rings. The van der Waals surface area contributed by atoms with Gasteiger partial charge in [0.05, 0.1) is 0 Å². The molecule has 6 rings (SSSR count). The molecule has 116 valence electrons. The van der Waals surface area contributed by atoms with Gasteiger partial charge in [-0.15, -0.1) is 0 Å². The van der Waals surface area contributed by atoms with E-state index in [9.17, 15) is 0 Å². The smallest absolute Gasteiger partial charge is 0.0332 e. The third-order valence-electron chi connectivity index (χ3n) is 5.45. The zero-order chi connectivity index (χ0) is 16.5. The molecule has 0 aliphatic heterocycles. The van der Waals surface area contributed by atoms with Gasteiger partial charge < -0.3 is 0 Å². The molecule has 0 radical (unpaired) electrons. The minimum absolute atomic E-state index is 1.19. The largest absolute Gasteiger partial charge is 0.0616 e. The van der Waals surface area contributed by atoms with Gasteiger partial charge in [0, 0.05) is 4.47 Å². The highest BCUT2D eigenvalue weighted by Crippen LogP contribution is 2.46. The fraction of sp³-hybridized carbons (Fsp3) is 0. The van der Waals surface area contributed by atoms with E-state index in [2.05, 4.69) is 94.8 Å². The molecule has 6 aromatic carbocycles. The maximum Gasteiger partial charge on any atom is 0.0332 e. The Morgan fingerprint density at radius 2 is 0.880 bits per heavy atom. The number of hydrogen-bond acceptors (Lipinski definition) is 0. The van der Waals surface area contributed by atoms with E-state index in [0.717, 1.165) is 0 Å². The Morgan fingerprint density at radius 3 is 1.68 bits per heavy atom. The van der Waals surface area contributed by atoms with Crippen LogP contribution in [0.5, 0.6) is 0 Å². The fourth-order valence-corrected chi connectivity index (χ4v) is 5.13. The molecule has 0 heterocycles. The SMILES string of the molecule is Brc1c2ccccc2c2c3cccc4cccc(c5cccc1c52)c43. The standard InChI is InChI=1S/C24H13Br/c25-24-18-9-2-1-8-17(18)22-19-12-4-7-14-6-3-10-15(21(14)19)16-11-5-13-20(24)23(16)22/h1-13H. The predicted molar refractivity (Wildman–Crippen MR) is 113 cm³/mol. The fourth-order valence-electron chi connectivity index (χ4n) is 4.45. The highest BCUT2D eigenvalue weighted by Gasteiger charge is 2.17. The van der Waals surface area contributed by atoms with Crippen LogP contribution in [0.1, 0.15) is 0 Å². The van der Waals surface area contributed by atoms with Crippen LogP contribution in [0.3, 0.4) is 0 Å². The van der Waals surface area contributed by atoms with E-state index in [0.29, 0.717) is 0 Å². The molecule has 0 aliphatic rings. The van der Waals surface area contributed by atoms with E-state index in [-0.39, 0.29) is 0 Å². The quantitative estimate of drug-likeness (QED) is 0.187. The molecule has 0 aromatic heterocycles. The molecule has 25 heavy (non-hydrogen) atoms. The van der Waals surface area contributed by atoms with Gasteiger partial charge in [0.1, 0.15) is 0 Å². The lowest BCUT2D eigenvalue weighted by molar-refractivity contribution is 1.77. The van der Waals surface area contributed by atoms with Crippen molar-refractivity contribution in [1.82, 2.24) is 0 Å². The minimum atomic E-state index is 1.19. The summed E-state index contributed by atoms with van der Waals surface area (Å²) in [5.41, 5.74) is 0. The van der Waals surface area contributed by atoms with Crippen molar-refractivity contribution < 1.29 is 0 Å². The number of fused-ring (bicyclic) bond motifs is 4. The van der Waals surface area contributed by atoms with E-state index < -0.39 is 0 Å². The van der Waals surface area contributed by atoms with Crippen molar-refractivity contribution in [2.24, 2.45) is 0 Å². The Bertz CT molecular complexity index is 1440. The van der Waals surface area contributed by atoms with Crippen LogP contribution in [0.2, 0.25) is 0 Å². The summed E-state index contributed by atoms with van der Waals surface area (Å²) in [5.74, 6) is 0. The summed E-state index contributed by atoms with van der Waals surface area (Å²) in [5, 5.41) is 13.3. The normalized spacial score (nSPS) is 12.2. The van der Waals surface area contributed by atoms with Crippen LogP contribution >= 0.6 is 15.9 Å². The van der Waals surface area contributed by atoms with Crippen LogP contribution in [0.15, 0.2) is 83.3 Å². The lowest BCUT2D eigenvalue weighted by Crippen LogP contribution is -1.89. The lowest BCUT2D eigenvalue weighted by Gasteiger charge is -2.17. The molecular weight excluding hydrogens is 368 g/mol. The van der Waals surface area contributed by atoms with Gasteiger partial charge in [-0.05, 0) is 69.8 Å². The Balaban J connectivity index is 2.15. The number of benzene rings is 6. The zero-order valence-corrected chi connectivity index (χ0v) is 15.0. The second-order valence-electron chi connectivity index (χ2n) is 6.67. The number of hydrogen-bond donors (Lipinski definition) is 0. The summed E-state index contributed by atoms with van der Waals surface area (Å²) in [6.45, 7) is 0. The highest BCUT2D eigenvalue weighted by atomic mass is 79.9. The van der Waals surface area contributed by atoms with Gasteiger partial charge in [-0.1, -0.05) is 78.9 Å². The highest BCUT2D eigenvalue weighted by molar-refractivity contribution is 9.10. The van der Waals surface area contributed by atoms with Crippen molar-refractivity contribution in [3.8, 4) is 0 Å². The second-order valence-corrected chi connectivity index (χ2v) is 7.46. The number of rotatable bonds is 0. The van der Waals surface area contributed by atoms with Crippen LogP contribution in [-0.2, 0) is 0 Å². The molecule has 0 saturated heterocycles. The van der Waals surface area contributed by atoms with Gasteiger partial charge in [0.2, 0.25) is 0 Å². The van der Waals surface area contributed by atoms with E-state index in [1.807, 2.05) is 0 Å². The first kappa shape index (κ1) is 13.6. The molecule has 0 nitrogen and oxygen atoms in total. The van der Waals surface area contributed by atoms with Crippen molar-refractivity contribution in [2.45, 2.75) is 0 Å². The molecule has 0 saturated carbocycles. The molecular formula is C24H13Br. The first-order chi connectivity index (χ1) is 12.3. The minimum Gasteiger partial charge on any atom is -0.0616 e. The molecule has 1 heteroatoms. The summed E-state index contributed by atoms with van der Waals surface area (Å²) < 4.78 is 1.19. The predicted octanol–water partition coefficient (Wildman–Crippen LogP) is 7.65. The first-order valence-corrected chi connectivity index (χ1v) is 9.29. The zero-order valence-electron chi connectivity index (χ0n) is 13.4. The van der Waals surface area contributed by atoms with Crippen LogP contribution in [-0.4, -0.2) is 0 Å². The van der Waals surface area contributed by atoms with Gasteiger partial charge in [-0.25, -0.2) is 0 Å². The molecule has 0 amide bonds. The Hall–Kier alpha value is -2.64. The summed E-state index contributed by atoms with van der Waals surface area (Å²) in [6.07, 6.45) is 0. The lowest BCUT2D eigenvalue weighted by atomic mass is 9.87. The third kappa shape index (κ3) is 1.62. The van der Waals surface area contributed by atoms with Crippen LogP contribution < -0.4 is 0 Å². The molecule has 0 N–H and O–H groups in total. The van der Waals surface area contributed by atoms with Gasteiger partial charge in [0.15, 0.2) is 0 Å². The van der Waals surface area contributed by atoms with E-state index in [1.165, 1.54) is 58.3 Å². The monoisotopic (exact) mass is 380 g/mol. The van der Waals surface area contributed by atoms with E-state index >= 15 is 0 Å². The van der Waals surface area contributed by atoms with E-state index in [1.54, 1.807) is 0 Å². The van der Waals surface area contributed by atoms with Crippen LogP contribution in [0.4, 0.5) is 0 Å². The Morgan fingerprint density at radius 1 is 0.400 bits per heavy atom. The van der Waals surface area contributed by atoms with Crippen molar-refractivity contribution in [1.29, 1.82) is 0 Å². The van der Waals surface area contributed by atoms with Gasteiger partial charge in [-0.3, -0.25) is 0 Å². The van der Waals surface area contributed by atoms with Crippen LogP contribution in [0, 0.1) is 0 Å². The van der Waals surface area contributed by atoms with Crippen molar-refractivity contribution in [2.75, 3.05) is 0 Å². The summed E-state index contributed by atoms with van der Waals surface area (Å²) in [7, 11) is 0. The first-order valence-electron chi connectivity index (χ1n) is 8.50. The summed E-state index contributed by atoms with van der Waals surface area (Å²) in [4.78, 5) is 0. The molecule has 0 atom stereocenters. The Kier molecular flexibility index (Phi) is 2.57. The molecule has 0 unspecified atom stereocenters. The van der Waals surface area contributed by atoms with Gasteiger partial charge in [-0.2, -0.15) is 0 Å². The average molecular weight is 381 g/mol. The topological polar surface area (TPSA) is 0 Å². The van der Waals surface area contributed by atoms with Crippen molar-refractivity contribution in [3.05, 3.63) is 83.3 Å². The molecule has 0 spiro atoms. The maximum atomic E-state index is 3.88. The van der Waals surface area contributed by atoms with Crippen LogP contribution in [0.25, 0.3) is 53.9 Å². The van der Waals surface area contributed by atoms with E-state index in [4.69, 9.17) is 0 Å². The number of halogens is 1. The Labute approximate surface area is 153 Å². The summed E-state index contributed by atoms with van der Waals surface area (Å²) >= 11 is 3.88. The molecule has 6 aromatic rings. The molecule has 0 aliphatic carbocycles. The van der Waals surface area contributed by atoms with Crippen molar-refractivity contribution >= 4 is 69.8 Å². The summed E-state index contributed by atoms with van der Waals surface area (Å²) in [6, 6.07) is 28.7. The maximum absolute atomic E-state index is 3.88. The average Bonchev–Trinajstić information content (AvgIpc) is 2.67. The second kappa shape index (κ2) is 4.71. The third-order valence-corrected chi connectivity index (χ3v) is 6.30. The van der Waals surface area contributed by atoms with Gasteiger partial charge in [0.25, 0.3) is 0 Å². The van der Waals surface area contributed by atoms with Crippen molar-refractivity contribution in [3.63, 3.8) is 0 Å². The molecule has 0 bridgehead atoms.